The Labute approximate surface area is 70.4 Å². The molecule has 0 aliphatic rings. The first-order valence-electron chi connectivity index (χ1n) is 1.72. The van der Waals surface area contributed by atoms with Gasteiger partial charge in [-0.3, -0.25) is 0 Å². The number of rotatable bonds is 0. The molecule has 0 aliphatic carbocycles. The molecule has 0 amide bonds. The number of aliphatic carboxylic acids is 1. The zero-order valence-corrected chi connectivity index (χ0v) is 7.30. The summed E-state index contributed by atoms with van der Waals surface area (Å²) in [7, 11) is 0. The standard InChI is InChI=1S/C2H4O2.C2H4O.Na/c1-2(3)4;1-2-3;/h1H3,(H,3,4);2H,1H3;/q;;+1/p-1. The molecule has 0 aromatic carbocycles. The molecule has 4 heteroatoms. The van der Waals surface area contributed by atoms with E-state index in [0.29, 0.717) is 0 Å². The van der Waals surface area contributed by atoms with Gasteiger partial charge in [0.15, 0.2) is 0 Å². The summed E-state index contributed by atoms with van der Waals surface area (Å²) in [5.41, 5.74) is 0. The Morgan fingerprint density at radius 2 is 1.62 bits per heavy atom. The Morgan fingerprint density at radius 1 is 1.62 bits per heavy atom. The molecule has 0 aromatic rings. The van der Waals surface area contributed by atoms with E-state index in [-0.39, 0.29) is 29.6 Å². The number of carbonyl (C=O) groups excluding carboxylic acids is 2. The molecule has 3 nitrogen and oxygen atoms in total. The topological polar surface area (TPSA) is 57.2 Å². The third-order valence-electron chi connectivity index (χ3n) is 0. The van der Waals surface area contributed by atoms with Crippen LogP contribution in [0.4, 0.5) is 0 Å². The van der Waals surface area contributed by atoms with Crippen molar-refractivity contribution in [2.75, 3.05) is 0 Å². The molecule has 0 saturated heterocycles. The minimum absolute atomic E-state index is 0. The predicted octanol–water partition coefficient (Wildman–Crippen LogP) is -4.03. The van der Waals surface area contributed by atoms with E-state index >= 15 is 0 Å². The number of hydrogen-bond acceptors (Lipinski definition) is 3. The number of carboxylic acid groups (broad SMARTS) is 1. The Hall–Kier alpha value is 0.140. The van der Waals surface area contributed by atoms with Gasteiger partial charge in [-0.1, -0.05) is 0 Å². The molecule has 0 saturated carbocycles. The zero-order chi connectivity index (χ0) is 6.28. The maximum Gasteiger partial charge on any atom is 1.00 e. The molecular weight excluding hydrogens is 119 g/mol. The fourth-order valence-electron chi connectivity index (χ4n) is 0. The SMILES string of the molecule is CC(=O)[O-].CC=O.[Na+]. The average molecular weight is 126 g/mol. The maximum absolute atomic E-state index is 8.89. The molecule has 0 spiro atoms. The summed E-state index contributed by atoms with van der Waals surface area (Å²) in [4.78, 5) is 17.7. The predicted molar refractivity (Wildman–Crippen MR) is 22.4 cm³/mol. The summed E-state index contributed by atoms with van der Waals surface area (Å²) >= 11 is 0. The minimum atomic E-state index is -1.08. The van der Waals surface area contributed by atoms with Crippen LogP contribution in [0.1, 0.15) is 13.8 Å². The quantitative estimate of drug-likeness (QED) is 0.245. The molecule has 0 rings (SSSR count). The van der Waals surface area contributed by atoms with Gasteiger partial charge in [-0.15, -0.1) is 0 Å². The zero-order valence-electron chi connectivity index (χ0n) is 5.30. The number of aldehydes is 1. The number of carboxylic acids is 1. The van der Waals surface area contributed by atoms with Crippen LogP contribution in [0.5, 0.6) is 0 Å². The second-order valence-corrected chi connectivity index (χ2v) is 0.727. The van der Waals surface area contributed by atoms with Crippen LogP contribution in [0, 0.1) is 0 Å². The Balaban J connectivity index is -0.0000000575. The van der Waals surface area contributed by atoms with Crippen molar-refractivity contribution in [1.82, 2.24) is 0 Å². The summed E-state index contributed by atoms with van der Waals surface area (Å²) in [5, 5.41) is 8.89. The second-order valence-electron chi connectivity index (χ2n) is 0.727. The van der Waals surface area contributed by atoms with Crippen LogP contribution in [0.2, 0.25) is 0 Å². The van der Waals surface area contributed by atoms with E-state index in [4.69, 9.17) is 14.7 Å². The average Bonchev–Trinajstić information content (AvgIpc) is 1.33. The molecule has 0 unspecified atom stereocenters. The second kappa shape index (κ2) is 15.7. The first-order valence-corrected chi connectivity index (χ1v) is 1.72. The van der Waals surface area contributed by atoms with Crippen molar-refractivity contribution in [3.8, 4) is 0 Å². The fraction of sp³-hybridized carbons (Fsp3) is 0.500. The monoisotopic (exact) mass is 126 g/mol. The smallest absolute Gasteiger partial charge is 0.550 e. The van der Waals surface area contributed by atoms with E-state index in [1.165, 1.54) is 6.92 Å². The molecule has 0 aliphatic heterocycles. The maximum atomic E-state index is 8.89. The third kappa shape index (κ3) is 8280. The molecule has 8 heavy (non-hydrogen) atoms. The van der Waals surface area contributed by atoms with Gasteiger partial charge >= 0.3 is 29.6 Å². The summed E-state index contributed by atoms with van der Waals surface area (Å²) in [6, 6.07) is 0. The van der Waals surface area contributed by atoms with Gasteiger partial charge in [-0.05, 0) is 13.8 Å². The molecule has 0 bridgehead atoms. The van der Waals surface area contributed by atoms with Crippen LogP contribution < -0.4 is 34.7 Å². The van der Waals surface area contributed by atoms with Gasteiger partial charge < -0.3 is 14.7 Å². The van der Waals surface area contributed by atoms with Crippen molar-refractivity contribution in [1.29, 1.82) is 0 Å². The Bertz CT molecular complexity index is 58.3. The molecule has 0 radical (unpaired) electrons. The van der Waals surface area contributed by atoms with Crippen molar-refractivity contribution < 1.29 is 44.3 Å². The van der Waals surface area contributed by atoms with Crippen molar-refractivity contribution in [2.24, 2.45) is 0 Å². The van der Waals surface area contributed by atoms with Crippen molar-refractivity contribution in [2.45, 2.75) is 13.8 Å². The Kier molecular flexibility index (Phi) is 30.8. The van der Waals surface area contributed by atoms with E-state index in [9.17, 15) is 0 Å². The fourth-order valence-corrected chi connectivity index (χ4v) is 0. The summed E-state index contributed by atoms with van der Waals surface area (Å²) in [6.45, 7) is 2.42. The van der Waals surface area contributed by atoms with Crippen molar-refractivity contribution >= 4 is 12.3 Å². The van der Waals surface area contributed by atoms with E-state index in [1.54, 1.807) is 0 Å². The largest absolute Gasteiger partial charge is 1.00 e. The van der Waals surface area contributed by atoms with Gasteiger partial charge in [-0.2, -0.15) is 0 Å². The summed E-state index contributed by atoms with van der Waals surface area (Å²) in [6.07, 6.45) is 0.750. The molecule has 42 valence electrons. The number of hydrogen-bond donors (Lipinski definition) is 0. The third-order valence-corrected chi connectivity index (χ3v) is 0. The van der Waals surface area contributed by atoms with E-state index in [1.807, 2.05) is 0 Å². The van der Waals surface area contributed by atoms with Crippen molar-refractivity contribution in [3.05, 3.63) is 0 Å². The van der Waals surface area contributed by atoms with Gasteiger partial charge in [0, 0.05) is 5.97 Å². The van der Waals surface area contributed by atoms with Crippen LogP contribution in [-0.4, -0.2) is 12.3 Å². The molecule has 0 atom stereocenters. The van der Waals surface area contributed by atoms with E-state index in [0.717, 1.165) is 13.2 Å². The number of carbonyl (C=O) groups is 2. The van der Waals surface area contributed by atoms with Crippen LogP contribution in [-0.2, 0) is 9.59 Å². The van der Waals surface area contributed by atoms with Gasteiger partial charge in [-0.25, -0.2) is 0 Å². The molecule has 0 N–H and O–H groups in total. The molecular formula is C4H7NaO3. The minimum Gasteiger partial charge on any atom is -0.550 e. The molecule has 0 fully saturated rings. The van der Waals surface area contributed by atoms with Gasteiger partial charge in [0.05, 0.1) is 0 Å². The summed E-state index contributed by atoms with van der Waals surface area (Å²) in [5.74, 6) is -1.08. The Morgan fingerprint density at radius 3 is 1.62 bits per heavy atom. The molecule has 0 aromatic heterocycles. The van der Waals surface area contributed by atoms with Gasteiger partial charge in [0.2, 0.25) is 0 Å². The van der Waals surface area contributed by atoms with E-state index in [2.05, 4.69) is 0 Å². The first-order chi connectivity index (χ1) is 3.15. The van der Waals surface area contributed by atoms with Crippen molar-refractivity contribution in [3.63, 3.8) is 0 Å². The van der Waals surface area contributed by atoms with Crippen LogP contribution in [0.3, 0.4) is 0 Å². The van der Waals surface area contributed by atoms with Gasteiger partial charge in [0.1, 0.15) is 6.29 Å². The van der Waals surface area contributed by atoms with Gasteiger partial charge in [0.25, 0.3) is 0 Å². The first kappa shape index (κ1) is 15.7. The molecule has 0 heterocycles. The normalized spacial score (nSPS) is 4.75. The van der Waals surface area contributed by atoms with E-state index < -0.39 is 5.97 Å². The van der Waals surface area contributed by atoms with Crippen LogP contribution >= 0.6 is 0 Å². The summed E-state index contributed by atoms with van der Waals surface area (Å²) < 4.78 is 0. The van der Waals surface area contributed by atoms with Crippen LogP contribution in [0.25, 0.3) is 0 Å². The van der Waals surface area contributed by atoms with Crippen LogP contribution in [0.15, 0.2) is 0 Å².